The fourth-order valence-corrected chi connectivity index (χ4v) is 8.13. The standard InChI is InChI=1S/C29H41N7O4S2/c1-19-22(18-34-8-10-36(11-9-34)29(2,3)4)25-26(41-19)24(31-28(32-25)35-12-14-40-15-13-35)20-16-23(27(39-5)30-17-20)33-42(37,38)21-6-7-21/h16-17,21,33H,6-15,18H2,1-5H3. The molecular formula is C29H41N7O4S2. The Morgan fingerprint density at radius 2 is 1.81 bits per heavy atom. The Hall–Kier alpha value is -2.58. The van der Waals surface area contributed by atoms with Crippen LogP contribution in [0.5, 0.6) is 5.88 Å². The van der Waals surface area contributed by atoms with E-state index in [-0.39, 0.29) is 16.7 Å². The summed E-state index contributed by atoms with van der Waals surface area (Å²) in [5.41, 5.74) is 4.15. The van der Waals surface area contributed by atoms with Crippen molar-refractivity contribution in [1.29, 1.82) is 0 Å². The number of aryl methyl sites for hydroxylation is 1. The third-order valence-electron chi connectivity index (χ3n) is 8.35. The number of fused-ring (bicyclic) bond motifs is 1. The number of piperazine rings is 1. The van der Waals surface area contributed by atoms with E-state index in [2.05, 4.69) is 52.1 Å². The fourth-order valence-electron chi connectivity index (χ4n) is 5.64. The maximum atomic E-state index is 12.8. The number of rotatable bonds is 8. The van der Waals surface area contributed by atoms with Gasteiger partial charge in [0.1, 0.15) is 5.69 Å². The van der Waals surface area contributed by atoms with Crippen LogP contribution in [0.25, 0.3) is 21.5 Å². The Bertz CT molecular complexity index is 1550. The van der Waals surface area contributed by atoms with Gasteiger partial charge < -0.3 is 14.4 Å². The van der Waals surface area contributed by atoms with E-state index in [0.717, 1.165) is 54.2 Å². The number of pyridine rings is 1. The van der Waals surface area contributed by atoms with Crippen LogP contribution in [0.1, 0.15) is 44.1 Å². The average molecular weight is 616 g/mol. The number of methoxy groups -OCH3 is 1. The fraction of sp³-hybridized carbons (Fsp3) is 0.621. The summed E-state index contributed by atoms with van der Waals surface area (Å²) in [5, 5.41) is -0.364. The van der Waals surface area contributed by atoms with Crippen molar-refractivity contribution in [3.63, 3.8) is 0 Å². The van der Waals surface area contributed by atoms with Crippen molar-refractivity contribution in [2.45, 2.75) is 57.9 Å². The van der Waals surface area contributed by atoms with Gasteiger partial charge in [-0.25, -0.2) is 23.4 Å². The smallest absolute Gasteiger partial charge is 0.238 e. The zero-order valence-electron chi connectivity index (χ0n) is 25.1. The van der Waals surface area contributed by atoms with Crippen LogP contribution in [-0.4, -0.2) is 104 Å². The van der Waals surface area contributed by atoms with E-state index in [1.54, 1.807) is 23.6 Å². The van der Waals surface area contributed by atoms with E-state index in [1.807, 2.05) is 0 Å². The Balaban J connectivity index is 1.40. The van der Waals surface area contributed by atoms with E-state index in [9.17, 15) is 8.42 Å². The highest BCUT2D eigenvalue weighted by Crippen LogP contribution is 2.40. The molecule has 0 unspecified atom stereocenters. The van der Waals surface area contributed by atoms with E-state index in [1.165, 1.54) is 17.6 Å². The molecule has 1 aliphatic carbocycles. The molecule has 0 aromatic carbocycles. The summed E-state index contributed by atoms with van der Waals surface area (Å²) >= 11 is 1.69. The van der Waals surface area contributed by atoms with Gasteiger partial charge in [0.2, 0.25) is 21.9 Å². The summed E-state index contributed by atoms with van der Waals surface area (Å²) < 4.78 is 40.4. The number of hydrogen-bond donors (Lipinski definition) is 1. The molecule has 11 nitrogen and oxygen atoms in total. The van der Waals surface area contributed by atoms with Gasteiger partial charge in [-0.2, -0.15) is 0 Å². The predicted octanol–water partition coefficient (Wildman–Crippen LogP) is 3.73. The van der Waals surface area contributed by atoms with Crippen LogP contribution in [0.2, 0.25) is 0 Å². The number of sulfonamides is 1. The van der Waals surface area contributed by atoms with Crippen LogP contribution in [0, 0.1) is 6.92 Å². The first-order valence-electron chi connectivity index (χ1n) is 14.7. The second-order valence-electron chi connectivity index (χ2n) is 12.3. The molecule has 13 heteroatoms. The van der Waals surface area contributed by atoms with Crippen LogP contribution in [0.4, 0.5) is 11.6 Å². The normalized spacial score (nSPS) is 19.4. The summed E-state index contributed by atoms with van der Waals surface area (Å²) in [7, 11) is -2.01. The molecule has 228 valence electrons. The van der Waals surface area contributed by atoms with Gasteiger partial charge in [0.25, 0.3) is 0 Å². The maximum Gasteiger partial charge on any atom is 0.238 e. The minimum Gasteiger partial charge on any atom is -0.480 e. The van der Waals surface area contributed by atoms with Crippen LogP contribution in [0.3, 0.4) is 0 Å². The van der Waals surface area contributed by atoms with Gasteiger partial charge in [-0.15, -0.1) is 11.3 Å². The van der Waals surface area contributed by atoms with Gasteiger partial charge >= 0.3 is 0 Å². The molecule has 6 rings (SSSR count). The van der Waals surface area contributed by atoms with Crippen molar-refractivity contribution in [2.24, 2.45) is 0 Å². The molecule has 3 aromatic heterocycles. The molecule has 42 heavy (non-hydrogen) atoms. The number of nitrogens with one attached hydrogen (secondary N) is 1. The zero-order chi connectivity index (χ0) is 29.6. The van der Waals surface area contributed by atoms with Crippen molar-refractivity contribution in [3.8, 4) is 17.1 Å². The molecular weight excluding hydrogens is 574 g/mol. The first-order chi connectivity index (χ1) is 20.0. The van der Waals surface area contributed by atoms with Crippen LogP contribution >= 0.6 is 11.3 Å². The summed E-state index contributed by atoms with van der Waals surface area (Å²) in [6.45, 7) is 16.6. The molecule has 1 N–H and O–H groups in total. The molecule has 0 radical (unpaired) electrons. The molecule has 3 fully saturated rings. The third kappa shape index (κ3) is 6.07. The van der Waals surface area contributed by atoms with E-state index in [0.29, 0.717) is 50.8 Å². The number of ether oxygens (including phenoxy) is 2. The molecule has 1 saturated carbocycles. The highest BCUT2D eigenvalue weighted by atomic mass is 32.2. The van der Waals surface area contributed by atoms with Crippen molar-refractivity contribution >= 4 is 43.2 Å². The Morgan fingerprint density at radius 1 is 1.10 bits per heavy atom. The minimum atomic E-state index is -3.50. The molecule has 3 aromatic rings. The first kappa shape index (κ1) is 29.5. The second kappa shape index (κ2) is 11.5. The van der Waals surface area contributed by atoms with Gasteiger partial charge in [-0.05, 0) is 46.6 Å². The molecule has 0 amide bonds. The van der Waals surface area contributed by atoms with Crippen molar-refractivity contribution in [1.82, 2.24) is 24.8 Å². The molecule has 2 aliphatic heterocycles. The van der Waals surface area contributed by atoms with Crippen LogP contribution in [-0.2, 0) is 21.3 Å². The van der Waals surface area contributed by atoms with E-state index >= 15 is 0 Å². The summed E-state index contributed by atoms with van der Waals surface area (Å²) in [5.74, 6) is 0.896. The summed E-state index contributed by atoms with van der Waals surface area (Å²) in [6, 6.07) is 1.79. The predicted molar refractivity (Wildman–Crippen MR) is 167 cm³/mol. The summed E-state index contributed by atoms with van der Waals surface area (Å²) in [6.07, 6.45) is 3.05. The van der Waals surface area contributed by atoms with Gasteiger partial charge in [0.15, 0.2) is 0 Å². The third-order valence-corrected chi connectivity index (χ3v) is 11.3. The van der Waals surface area contributed by atoms with E-state index < -0.39 is 10.0 Å². The number of aromatic nitrogens is 3. The van der Waals surface area contributed by atoms with Crippen molar-refractivity contribution < 1.29 is 17.9 Å². The largest absolute Gasteiger partial charge is 0.480 e. The van der Waals surface area contributed by atoms with Gasteiger partial charge in [0.05, 0.1) is 41.5 Å². The molecule has 0 spiro atoms. The monoisotopic (exact) mass is 615 g/mol. The van der Waals surface area contributed by atoms with Gasteiger partial charge in [0, 0.05) is 73.6 Å². The van der Waals surface area contributed by atoms with Gasteiger partial charge in [-0.1, -0.05) is 0 Å². The van der Waals surface area contributed by atoms with Crippen molar-refractivity contribution in [2.75, 3.05) is 69.2 Å². The SMILES string of the molecule is COc1ncc(-c2nc(N3CCOCC3)nc3c(CN4CCN(C(C)(C)C)CC4)c(C)sc23)cc1NS(=O)(=O)C1CC1. The molecule has 5 heterocycles. The molecule has 0 bridgehead atoms. The highest BCUT2D eigenvalue weighted by molar-refractivity contribution is 7.93. The Labute approximate surface area is 252 Å². The second-order valence-corrected chi connectivity index (χ2v) is 15.5. The minimum absolute atomic E-state index is 0.171. The first-order valence-corrected chi connectivity index (χ1v) is 17.1. The van der Waals surface area contributed by atoms with Crippen LogP contribution in [0.15, 0.2) is 12.3 Å². The number of nitrogens with zero attached hydrogens (tertiary/aromatic N) is 6. The van der Waals surface area contributed by atoms with Crippen LogP contribution < -0.4 is 14.4 Å². The number of anilines is 2. The van der Waals surface area contributed by atoms with E-state index in [4.69, 9.17) is 19.4 Å². The maximum absolute atomic E-state index is 12.8. The lowest BCUT2D eigenvalue weighted by molar-refractivity contribution is 0.0592. The summed E-state index contributed by atoms with van der Waals surface area (Å²) in [4.78, 5) is 23.1. The zero-order valence-corrected chi connectivity index (χ0v) is 26.8. The van der Waals surface area contributed by atoms with Gasteiger partial charge in [-0.3, -0.25) is 14.5 Å². The molecule has 3 aliphatic rings. The quantitative estimate of drug-likeness (QED) is 0.402. The Kier molecular flexibility index (Phi) is 8.07. The lowest BCUT2D eigenvalue weighted by atomic mass is 10.0. The molecule has 2 saturated heterocycles. The number of morpholine rings is 1. The lowest BCUT2D eigenvalue weighted by Gasteiger charge is -2.42. The molecule has 0 atom stereocenters. The average Bonchev–Trinajstić information content (AvgIpc) is 3.79. The lowest BCUT2D eigenvalue weighted by Crippen LogP contribution is -2.53. The topological polar surface area (TPSA) is 113 Å². The Morgan fingerprint density at radius 3 is 2.45 bits per heavy atom. The van der Waals surface area contributed by atoms with Crippen molar-refractivity contribution in [3.05, 3.63) is 22.7 Å². The number of hydrogen-bond acceptors (Lipinski definition) is 11. The highest BCUT2D eigenvalue weighted by Gasteiger charge is 2.36. The number of thiophene rings is 1.